The first-order valence-corrected chi connectivity index (χ1v) is 4.82. The lowest BCUT2D eigenvalue weighted by molar-refractivity contribution is -0.136. The summed E-state index contributed by atoms with van der Waals surface area (Å²) < 4.78 is 0. The summed E-state index contributed by atoms with van der Waals surface area (Å²) in [5, 5.41) is 4.75. The zero-order valence-electron chi connectivity index (χ0n) is 8.79. The van der Waals surface area contributed by atoms with Crippen molar-refractivity contribution in [2.45, 2.75) is 32.7 Å². The van der Waals surface area contributed by atoms with Gasteiger partial charge in [-0.05, 0) is 20.3 Å². The molecule has 0 aromatic heterocycles. The summed E-state index contributed by atoms with van der Waals surface area (Å²) in [6.07, 6.45) is 2.31. The maximum atomic E-state index is 11.4. The predicted molar refractivity (Wildman–Crippen MR) is 53.7 cm³/mol. The molecule has 82 valence electrons. The Morgan fingerprint density at radius 2 is 2.20 bits per heavy atom. The van der Waals surface area contributed by atoms with Gasteiger partial charge in [0.1, 0.15) is 6.04 Å². The maximum absolute atomic E-state index is 11.4. The highest BCUT2D eigenvalue weighted by Gasteiger charge is 2.27. The normalized spacial score (nSPS) is 22.3. The number of rotatable bonds is 2. The Bertz CT molecular complexity index is 334. The highest BCUT2D eigenvalue weighted by atomic mass is 16.2. The average molecular weight is 210 g/mol. The van der Waals surface area contributed by atoms with Gasteiger partial charge < -0.3 is 5.32 Å². The second-order valence-corrected chi connectivity index (χ2v) is 3.45. The quantitative estimate of drug-likeness (QED) is 0.492. The van der Waals surface area contributed by atoms with Crippen LogP contribution in [-0.4, -0.2) is 23.8 Å². The minimum Gasteiger partial charge on any atom is -0.341 e. The molecule has 1 saturated heterocycles. The van der Waals surface area contributed by atoms with Gasteiger partial charge in [-0.1, -0.05) is 6.08 Å². The standard InChI is InChI=1S/C10H14N2O3/c1-3-6(2)9(14)11-7-4-5-8(13)12-10(7)15/h3,7H,4-5H2,1-2H3,(H,11,14)(H,12,13,15)/b6-3-. The van der Waals surface area contributed by atoms with E-state index in [4.69, 9.17) is 0 Å². The van der Waals surface area contributed by atoms with Crippen molar-refractivity contribution in [1.29, 1.82) is 0 Å². The molecule has 0 aromatic carbocycles. The van der Waals surface area contributed by atoms with Gasteiger partial charge in [0.25, 0.3) is 0 Å². The summed E-state index contributed by atoms with van der Waals surface area (Å²) >= 11 is 0. The van der Waals surface area contributed by atoms with Gasteiger partial charge in [-0.15, -0.1) is 0 Å². The topological polar surface area (TPSA) is 75.3 Å². The van der Waals surface area contributed by atoms with Crippen LogP contribution in [0.25, 0.3) is 0 Å². The first kappa shape index (κ1) is 11.4. The third-order valence-electron chi connectivity index (χ3n) is 2.34. The molecular weight excluding hydrogens is 196 g/mol. The minimum atomic E-state index is -0.593. The van der Waals surface area contributed by atoms with E-state index in [0.717, 1.165) is 0 Å². The average Bonchev–Trinajstić information content (AvgIpc) is 2.20. The fourth-order valence-corrected chi connectivity index (χ4v) is 1.23. The number of carbonyl (C=O) groups is 3. The van der Waals surface area contributed by atoms with Crippen LogP contribution in [0, 0.1) is 0 Å². The van der Waals surface area contributed by atoms with Crippen molar-refractivity contribution in [1.82, 2.24) is 10.6 Å². The van der Waals surface area contributed by atoms with Crippen LogP contribution in [0.3, 0.4) is 0 Å². The van der Waals surface area contributed by atoms with E-state index in [1.165, 1.54) is 0 Å². The number of amides is 3. The van der Waals surface area contributed by atoms with Crippen molar-refractivity contribution >= 4 is 17.7 Å². The number of allylic oxidation sites excluding steroid dienone is 1. The zero-order chi connectivity index (χ0) is 11.4. The summed E-state index contributed by atoms with van der Waals surface area (Å²) in [7, 11) is 0. The lowest BCUT2D eigenvalue weighted by Crippen LogP contribution is -2.52. The summed E-state index contributed by atoms with van der Waals surface area (Å²) in [4.78, 5) is 33.5. The van der Waals surface area contributed by atoms with Crippen LogP contribution in [0.5, 0.6) is 0 Å². The van der Waals surface area contributed by atoms with E-state index in [0.29, 0.717) is 12.0 Å². The van der Waals surface area contributed by atoms with E-state index in [9.17, 15) is 14.4 Å². The molecule has 0 radical (unpaired) electrons. The lowest BCUT2D eigenvalue weighted by atomic mass is 10.1. The van der Waals surface area contributed by atoms with Crippen molar-refractivity contribution in [3.05, 3.63) is 11.6 Å². The number of hydrogen-bond donors (Lipinski definition) is 2. The Morgan fingerprint density at radius 3 is 2.73 bits per heavy atom. The summed E-state index contributed by atoms with van der Waals surface area (Å²) in [5.74, 6) is -0.983. The van der Waals surface area contributed by atoms with Gasteiger partial charge in [0.05, 0.1) is 0 Å². The van der Waals surface area contributed by atoms with Crippen LogP contribution in [0.2, 0.25) is 0 Å². The maximum Gasteiger partial charge on any atom is 0.249 e. The molecular formula is C10H14N2O3. The number of hydrogen-bond acceptors (Lipinski definition) is 3. The van der Waals surface area contributed by atoms with Crippen LogP contribution in [0.1, 0.15) is 26.7 Å². The van der Waals surface area contributed by atoms with E-state index >= 15 is 0 Å². The molecule has 0 aliphatic carbocycles. The van der Waals surface area contributed by atoms with Crippen molar-refractivity contribution in [2.24, 2.45) is 0 Å². The third-order valence-corrected chi connectivity index (χ3v) is 2.34. The molecule has 5 nitrogen and oxygen atoms in total. The van der Waals surface area contributed by atoms with E-state index < -0.39 is 11.9 Å². The molecule has 15 heavy (non-hydrogen) atoms. The van der Waals surface area contributed by atoms with E-state index in [-0.39, 0.29) is 18.2 Å². The molecule has 1 aliphatic heterocycles. The fraction of sp³-hybridized carbons (Fsp3) is 0.500. The highest BCUT2D eigenvalue weighted by Crippen LogP contribution is 2.05. The van der Waals surface area contributed by atoms with Gasteiger partial charge in [0, 0.05) is 12.0 Å². The van der Waals surface area contributed by atoms with Crippen LogP contribution >= 0.6 is 0 Å². The van der Waals surface area contributed by atoms with Gasteiger partial charge in [-0.3, -0.25) is 19.7 Å². The van der Waals surface area contributed by atoms with Gasteiger partial charge in [-0.25, -0.2) is 0 Å². The van der Waals surface area contributed by atoms with Gasteiger partial charge in [0.15, 0.2) is 0 Å². The summed E-state index contributed by atoms with van der Waals surface area (Å²) in [6.45, 7) is 3.42. The molecule has 0 spiro atoms. The largest absolute Gasteiger partial charge is 0.341 e. The molecule has 1 fully saturated rings. The first-order valence-electron chi connectivity index (χ1n) is 4.82. The van der Waals surface area contributed by atoms with Crippen LogP contribution in [-0.2, 0) is 14.4 Å². The number of carbonyl (C=O) groups excluding carboxylic acids is 3. The molecule has 1 aliphatic rings. The lowest BCUT2D eigenvalue weighted by Gasteiger charge is -2.21. The predicted octanol–water partition coefficient (Wildman–Crippen LogP) is -0.126. The third kappa shape index (κ3) is 2.90. The number of nitrogens with one attached hydrogen (secondary N) is 2. The van der Waals surface area contributed by atoms with Crippen LogP contribution in [0.4, 0.5) is 0 Å². The van der Waals surface area contributed by atoms with Crippen molar-refractivity contribution in [2.75, 3.05) is 0 Å². The Balaban J connectivity index is 2.56. The molecule has 1 unspecified atom stereocenters. The molecule has 1 atom stereocenters. The van der Waals surface area contributed by atoms with Crippen LogP contribution in [0.15, 0.2) is 11.6 Å². The summed E-state index contributed by atoms with van der Waals surface area (Å²) in [5.41, 5.74) is 0.555. The van der Waals surface area contributed by atoms with Gasteiger partial charge in [0.2, 0.25) is 17.7 Å². The highest BCUT2D eigenvalue weighted by molar-refractivity contribution is 6.03. The SMILES string of the molecule is C/C=C(/C)C(=O)NC1CCC(=O)NC1=O. The second kappa shape index (κ2) is 4.72. The van der Waals surface area contributed by atoms with Gasteiger partial charge >= 0.3 is 0 Å². The molecule has 3 amide bonds. The Kier molecular flexibility index (Phi) is 3.60. The van der Waals surface area contributed by atoms with Crippen LogP contribution < -0.4 is 10.6 Å². The van der Waals surface area contributed by atoms with E-state index in [1.807, 2.05) is 0 Å². The van der Waals surface area contributed by atoms with Crippen molar-refractivity contribution in [3.63, 3.8) is 0 Å². The number of piperidine rings is 1. The smallest absolute Gasteiger partial charge is 0.249 e. The first-order chi connectivity index (χ1) is 7.04. The van der Waals surface area contributed by atoms with Gasteiger partial charge in [-0.2, -0.15) is 0 Å². The zero-order valence-corrected chi connectivity index (χ0v) is 8.79. The molecule has 0 saturated carbocycles. The molecule has 2 N–H and O–H groups in total. The Labute approximate surface area is 87.9 Å². The second-order valence-electron chi connectivity index (χ2n) is 3.45. The molecule has 1 rings (SSSR count). The Hall–Kier alpha value is -1.65. The van der Waals surface area contributed by atoms with E-state index in [1.54, 1.807) is 19.9 Å². The molecule has 0 bridgehead atoms. The number of imide groups is 1. The fourth-order valence-electron chi connectivity index (χ4n) is 1.23. The summed E-state index contributed by atoms with van der Waals surface area (Å²) in [6, 6.07) is -0.593. The minimum absolute atomic E-state index is 0.269. The molecule has 1 heterocycles. The Morgan fingerprint density at radius 1 is 1.53 bits per heavy atom. The molecule has 5 heteroatoms. The van der Waals surface area contributed by atoms with E-state index in [2.05, 4.69) is 10.6 Å². The molecule has 0 aromatic rings. The van der Waals surface area contributed by atoms with Crippen molar-refractivity contribution < 1.29 is 14.4 Å². The van der Waals surface area contributed by atoms with Crippen molar-refractivity contribution in [3.8, 4) is 0 Å². The monoisotopic (exact) mass is 210 g/mol.